The number of likely N-dealkylation sites (N-methyl/N-ethyl adjacent to an activating group) is 1. The maximum absolute atomic E-state index is 5.82. The number of rotatable bonds is 4. The molecule has 0 saturated carbocycles. The van der Waals surface area contributed by atoms with Crippen molar-refractivity contribution in [3.05, 3.63) is 48.0 Å². The zero-order valence-corrected chi connectivity index (χ0v) is 11.8. The molecular formula is C15H21ClN2. The Morgan fingerprint density at radius 1 is 1.11 bits per heavy atom. The minimum absolute atomic E-state index is 0. The van der Waals surface area contributed by atoms with E-state index in [2.05, 4.69) is 54.4 Å². The van der Waals surface area contributed by atoms with Crippen LogP contribution in [-0.2, 0) is 6.54 Å². The summed E-state index contributed by atoms with van der Waals surface area (Å²) >= 11 is 0. The fourth-order valence-electron chi connectivity index (χ4n) is 2.28. The van der Waals surface area contributed by atoms with Crippen molar-refractivity contribution >= 4 is 23.2 Å². The predicted octanol–water partition coefficient (Wildman–Crippen LogP) is 3.04. The summed E-state index contributed by atoms with van der Waals surface area (Å²) in [4.78, 5) is 2.27. The first-order chi connectivity index (χ1) is 8.16. The minimum Gasteiger partial charge on any atom is -0.327 e. The van der Waals surface area contributed by atoms with Crippen molar-refractivity contribution in [3.8, 4) is 0 Å². The molecule has 0 aliphatic heterocycles. The van der Waals surface area contributed by atoms with Crippen molar-refractivity contribution < 1.29 is 0 Å². The lowest BCUT2D eigenvalue weighted by atomic mass is 10.0. The van der Waals surface area contributed by atoms with Gasteiger partial charge in [-0.25, -0.2) is 0 Å². The van der Waals surface area contributed by atoms with Crippen LogP contribution in [0.3, 0.4) is 0 Å². The van der Waals surface area contributed by atoms with E-state index in [0.29, 0.717) is 0 Å². The standard InChI is InChI=1S/C15H20N2.ClH/c1-12(16)10-17(2)11-14-8-5-7-13-6-3-4-9-15(13)14;/h3-9,12H,10-11,16H2,1-2H3;1H. The largest absolute Gasteiger partial charge is 0.327 e. The normalized spacial score (nSPS) is 12.4. The molecule has 0 bridgehead atoms. The molecule has 18 heavy (non-hydrogen) atoms. The van der Waals surface area contributed by atoms with Crippen molar-refractivity contribution in [2.75, 3.05) is 13.6 Å². The number of nitrogens with zero attached hydrogens (tertiary/aromatic N) is 1. The number of fused-ring (bicyclic) bond motifs is 1. The third kappa shape index (κ3) is 3.70. The molecule has 0 aliphatic carbocycles. The lowest BCUT2D eigenvalue weighted by molar-refractivity contribution is 0.311. The Morgan fingerprint density at radius 3 is 2.50 bits per heavy atom. The zero-order chi connectivity index (χ0) is 12.3. The van der Waals surface area contributed by atoms with Crippen LogP contribution < -0.4 is 5.73 Å². The van der Waals surface area contributed by atoms with Gasteiger partial charge in [0.05, 0.1) is 0 Å². The van der Waals surface area contributed by atoms with Gasteiger partial charge < -0.3 is 10.6 Å². The second-order valence-corrected chi connectivity index (χ2v) is 4.81. The molecule has 0 fully saturated rings. The highest BCUT2D eigenvalue weighted by Crippen LogP contribution is 2.19. The Balaban J connectivity index is 0.00000162. The summed E-state index contributed by atoms with van der Waals surface area (Å²) in [7, 11) is 2.12. The summed E-state index contributed by atoms with van der Waals surface area (Å²) in [5, 5.41) is 2.64. The Morgan fingerprint density at radius 2 is 1.78 bits per heavy atom. The van der Waals surface area contributed by atoms with Crippen molar-refractivity contribution in [2.45, 2.75) is 19.5 Å². The van der Waals surface area contributed by atoms with E-state index in [0.717, 1.165) is 13.1 Å². The average molecular weight is 265 g/mol. The minimum atomic E-state index is 0. The Bertz CT molecular complexity index is 491. The first-order valence-electron chi connectivity index (χ1n) is 6.07. The molecule has 1 atom stereocenters. The first-order valence-corrected chi connectivity index (χ1v) is 6.07. The van der Waals surface area contributed by atoms with Crippen LogP contribution in [0.4, 0.5) is 0 Å². The van der Waals surface area contributed by atoms with Gasteiger partial charge >= 0.3 is 0 Å². The van der Waals surface area contributed by atoms with Crippen LogP contribution in [0.1, 0.15) is 12.5 Å². The topological polar surface area (TPSA) is 29.3 Å². The van der Waals surface area contributed by atoms with Gasteiger partial charge in [0.2, 0.25) is 0 Å². The molecule has 2 N–H and O–H groups in total. The number of hydrogen-bond acceptors (Lipinski definition) is 2. The van der Waals surface area contributed by atoms with Gasteiger partial charge in [-0.1, -0.05) is 42.5 Å². The van der Waals surface area contributed by atoms with E-state index in [4.69, 9.17) is 5.73 Å². The van der Waals surface area contributed by atoms with Gasteiger partial charge in [0.25, 0.3) is 0 Å². The van der Waals surface area contributed by atoms with E-state index < -0.39 is 0 Å². The lowest BCUT2D eigenvalue weighted by Crippen LogP contribution is -2.32. The monoisotopic (exact) mass is 264 g/mol. The molecule has 98 valence electrons. The smallest absolute Gasteiger partial charge is 0.0237 e. The van der Waals surface area contributed by atoms with Crippen molar-refractivity contribution in [1.29, 1.82) is 0 Å². The van der Waals surface area contributed by atoms with Crippen LogP contribution >= 0.6 is 12.4 Å². The highest BCUT2D eigenvalue weighted by atomic mass is 35.5. The maximum atomic E-state index is 5.82. The molecule has 0 saturated heterocycles. The summed E-state index contributed by atoms with van der Waals surface area (Å²) in [6, 6.07) is 15.2. The third-order valence-corrected chi connectivity index (χ3v) is 2.92. The number of halogens is 1. The Hall–Kier alpha value is -1.09. The maximum Gasteiger partial charge on any atom is 0.0237 e. The summed E-state index contributed by atoms with van der Waals surface area (Å²) < 4.78 is 0. The molecule has 2 rings (SSSR count). The Labute approximate surface area is 115 Å². The van der Waals surface area contributed by atoms with Crippen LogP contribution in [0.25, 0.3) is 10.8 Å². The second kappa shape index (κ2) is 6.74. The van der Waals surface area contributed by atoms with Crippen molar-refractivity contribution in [2.24, 2.45) is 5.73 Å². The van der Waals surface area contributed by atoms with Crippen LogP contribution in [0.5, 0.6) is 0 Å². The molecule has 0 aromatic heterocycles. The van der Waals surface area contributed by atoms with Gasteiger partial charge in [-0.05, 0) is 30.3 Å². The van der Waals surface area contributed by atoms with E-state index >= 15 is 0 Å². The molecule has 1 unspecified atom stereocenters. The van der Waals surface area contributed by atoms with Gasteiger partial charge in [0, 0.05) is 19.1 Å². The quantitative estimate of drug-likeness (QED) is 0.920. The van der Waals surface area contributed by atoms with Gasteiger partial charge in [-0.15, -0.1) is 12.4 Å². The summed E-state index contributed by atoms with van der Waals surface area (Å²) in [6.45, 7) is 3.91. The van der Waals surface area contributed by atoms with E-state index in [1.165, 1.54) is 16.3 Å². The zero-order valence-electron chi connectivity index (χ0n) is 11.0. The molecule has 0 radical (unpaired) electrons. The van der Waals surface area contributed by atoms with E-state index in [9.17, 15) is 0 Å². The molecule has 2 aromatic carbocycles. The summed E-state index contributed by atoms with van der Waals surface area (Å²) in [6.07, 6.45) is 0. The molecule has 0 aliphatic rings. The third-order valence-electron chi connectivity index (χ3n) is 2.92. The van der Waals surface area contributed by atoms with Crippen LogP contribution in [-0.4, -0.2) is 24.5 Å². The molecular weight excluding hydrogens is 244 g/mol. The van der Waals surface area contributed by atoms with Crippen LogP contribution in [0.15, 0.2) is 42.5 Å². The number of nitrogens with two attached hydrogens (primary N) is 1. The fourth-order valence-corrected chi connectivity index (χ4v) is 2.28. The van der Waals surface area contributed by atoms with Crippen molar-refractivity contribution in [3.63, 3.8) is 0 Å². The van der Waals surface area contributed by atoms with Crippen LogP contribution in [0, 0.1) is 0 Å². The second-order valence-electron chi connectivity index (χ2n) is 4.81. The SMILES string of the molecule is CC(N)CN(C)Cc1cccc2ccccc12.Cl. The fraction of sp³-hybridized carbons (Fsp3) is 0.333. The molecule has 0 amide bonds. The van der Waals surface area contributed by atoms with E-state index in [-0.39, 0.29) is 18.4 Å². The van der Waals surface area contributed by atoms with Gasteiger partial charge in [0.15, 0.2) is 0 Å². The number of benzene rings is 2. The Kier molecular flexibility index (Phi) is 5.60. The number of hydrogen-bond donors (Lipinski definition) is 1. The summed E-state index contributed by atoms with van der Waals surface area (Å²) in [5.74, 6) is 0. The lowest BCUT2D eigenvalue weighted by Gasteiger charge is -2.19. The van der Waals surface area contributed by atoms with Crippen molar-refractivity contribution in [1.82, 2.24) is 4.90 Å². The first kappa shape index (κ1) is 15.0. The predicted molar refractivity (Wildman–Crippen MR) is 81.2 cm³/mol. The highest BCUT2D eigenvalue weighted by Gasteiger charge is 2.05. The molecule has 2 aromatic rings. The molecule has 3 heteroatoms. The van der Waals surface area contributed by atoms with Gasteiger partial charge in [-0.3, -0.25) is 0 Å². The average Bonchev–Trinajstić information content (AvgIpc) is 2.28. The van der Waals surface area contributed by atoms with E-state index in [1.807, 2.05) is 6.92 Å². The highest BCUT2D eigenvalue weighted by molar-refractivity contribution is 5.85. The molecule has 2 nitrogen and oxygen atoms in total. The molecule has 0 heterocycles. The molecule has 0 spiro atoms. The van der Waals surface area contributed by atoms with E-state index in [1.54, 1.807) is 0 Å². The van der Waals surface area contributed by atoms with Gasteiger partial charge in [-0.2, -0.15) is 0 Å². The van der Waals surface area contributed by atoms with Crippen LogP contribution in [0.2, 0.25) is 0 Å². The van der Waals surface area contributed by atoms with Gasteiger partial charge in [0.1, 0.15) is 0 Å². The summed E-state index contributed by atoms with van der Waals surface area (Å²) in [5.41, 5.74) is 7.18.